The van der Waals surface area contributed by atoms with Crippen LogP contribution in [0.4, 0.5) is 10.7 Å². The van der Waals surface area contributed by atoms with Crippen molar-refractivity contribution in [1.29, 1.82) is 0 Å². The van der Waals surface area contributed by atoms with Gasteiger partial charge in [0.1, 0.15) is 5.00 Å². The molecule has 6 heteroatoms. The van der Waals surface area contributed by atoms with E-state index >= 15 is 0 Å². The van der Waals surface area contributed by atoms with E-state index in [0.717, 1.165) is 22.0 Å². The highest BCUT2D eigenvalue weighted by Gasteiger charge is 2.29. The highest BCUT2D eigenvalue weighted by Crippen LogP contribution is 2.34. The largest absolute Gasteiger partial charge is 0.465 e. The molecule has 1 aromatic heterocycles. The third kappa shape index (κ3) is 2.96. The van der Waals surface area contributed by atoms with Crippen LogP contribution in [0.1, 0.15) is 27.7 Å². The first-order valence-electron chi connectivity index (χ1n) is 7.38. The second kappa shape index (κ2) is 6.29. The van der Waals surface area contributed by atoms with Crippen molar-refractivity contribution in [2.75, 3.05) is 17.3 Å². The Morgan fingerprint density at radius 1 is 1.43 bits per heavy atom. The summed E-state index contributed by atoms with van der Waals surface area (Å²) in [5, 5.41) is 4.57. The van der Waals surface area contributed by atoms with Gasteiger partial charge in [0, 0.05) is 16.6 Å². The van der Waals surface area contributed by atoms with E-state index in [4.69, 9.17) is 17.0 Å². The zero-order valence-corrected chi connectivity index (χ0v) is 14.9. The van der Waals surface area contributed by atoms with Crippen LogP contribution in [0.2, 0.25) is 0 Å². The van der Waals surface area contributed by atoms with Gasteiger partial charge in [-0.1, -0.05) is 18.2 Å². The molecule has 0 radical (unpaired) electrons. The average molecular weight is 346 g/mol. The third-order valence-electron chi connectivity index (χ3n) is 3.91. The number of esters is 1. The van der Waals surface area contributed by atoms with Crippen molar-refractivity contribution >= 4 is 45.3 Å². The molecule has 0 bridgehead atoms. The molecular weight excluding hydrogens is 328 g/mol. The number of hydrogen-bond donors (Lipinski definition) is 1. The number of thiocarbonyl (C=S) groups is 1. The molecule has 120 valence electrons. The topological polar surface area (TPSA) is 41.6 Å². The molecule has 1 aliphatic heterocycles. The maximum absolute atomic E-state index is 11.9. The standard InChI is InChI=1S/C17H18N2O2S2/c1-10-8-12-6-4-5-7-14(12)19(10)17(22)18-15-13(16(20)21-3)9-11(2)23-15/h4-7,9-10H,8H2,1-3H3,(H,18,22). The van der Waals surface area contributed by atoms with Crippen molar-refractivity contribution < 1.29 is 9.53 Å². The number of nitrogens with one attached hydrogen (secondary N) is 1. The predicted molar refractivity (Wildman–Crippen MR) is 98.7 cm³/mol. The van der Waals surface area contributed by atoms with E-state index in [-0.39, 0.29) is 12.0 Å². The molecule has 2 heterocycles. The number of methoxy groups -OCH3 is 1. The molecule has 4 nitrogen and oxygen atoms in total. The zero-order valence-electron chi connectivity index (χ0n) is 13.3. The molecule has 1 unspecified atom stereocenters. The summed E-state index contributed by atoms with van der Waals surface area (Å²) in [4.78, 5) is 15.0. The summed E-state index contributed by atoms with van der Waals surface area (Å²) in [6.45, 7) is 4.11. The van der Waals surface area contributed by atoms with Gasteiger partial charge >= 0.3 is 5.97 Å². The Kier molecular flexibility index (Phi) is 4.37. The number of fused-ring (bicyclic) bond motifs is 1. The Hall–Kier alpha value is -1.92. The van der Waals surface area contributed by atoms with Crippen LogP contribution in [0.25, 0.3) is 0 Å². The third-order valence-corrected chi connectivity index (χ3v) is 5.17. The number of para-hydroxylation sites is 1. The van der Waals surface area contributed by atoms with Crippen LogP contribution in [0.3, 0.4) is 0 Å². The van der Waals surface area contributed by atoms with Gasteiger partial charge in [0.05, 0.1) is 12.7 Å². The molecule has 3 rings (SSSR count). The quantitative estimate of drug-likeness (QED) is 0.658. The lowest BCUT2D eigenvalue weighted by molar-refractivity contribution is 0.0602. The Balaban J connectivity index is 1.87. The molecule has 0 amide bonds. The number of hydrogen-bond acceptors (Lipinski definition) is 4. The minimum atomic E-state index is -0.352. The SMILES string of the molecule is COC(=O)c1cc(C)sc1NC(=S)N1c2ccccc2CC1C. The van der Waals surface area contributed by atoms with Crippen LogP contribution in [0.15, 0.2) is 30.3 Å². The van der Waals surface area contributed by atoms with Gasteiger partial charge in [-0.25, -0.2) is 4.79 Å². The van der Waals surface area contributed by atoms with E-state index < -0.39 is 0 Å². The van der Waals surface area contributed by atoms with Gasteiger partial charge < -0.3 is 15.0 Å². The molecule has 0 aliphatic carbocycles. The summed E-state index contributed by atoms with van der Waals surface area (Å²) < 4.78 is 4.85. The van der Waals surface area contributed by atoms with Gasteiger partial charge in [-0.3, -0.25) is 0 Å². The number of anilines is 2. The second-order valence-corrected chi connectivity index (χ2v) is 7.22. The maximum Gasteiger partial charge on any atom is 0.340 e. The van der Waals surface area contributed by atoms with Crippen LogP contribution < -0.4 is 10.2 Å². The summed E-state index contributed by atoms with van der Waals surface area (Å²) in [7, 11) is 1.39. The molecule has 23 heavy (non-hydrogen) atoms. The second-order valence-electron chi connectivity index (χ2n) is 5.57. The van der Waals surface area contributed by atoms with E-state index in [9.17, 15) is 4.79 Å². The lowest BCUT2D eigenvalue weighted by Gasteiger charge is -2.25. The Labute approximate surface area is 145 Å². The van der Waals surface area contributed by atoms with E-state index in [0.29, 0.717) is 10.7 Å². The Bertz CT molecular complexity index is 770. The van der Waals surface area contributed by atoms with E-state index in [1.165, 1.54) is 24.0 Å². The molecule has 1 aliphatic rings. The Morgan fingerprint density at radius 2 is 2.17 bits per heavy atom. The van der Waals surface area contributed by atoms with Crippen LogP contribution in [0, 0.1) is 6.92 Å². The van der Waals surface area contributed by atoms with Crippen LogP contribution in [0.5, 0.6) is 0 Å². The normalized spacial score (nSPS) is 16.1. The summed E-state index contributed by atoms with van der Waals surface area (Å²) in [6.07, 6.45) is 0.964. The van der Waals surface area contributed by atoms with Gasteiger partial charge in [-0.05, 0) is 50.2 Å². The summed E-state index contributed by atoms with van der Waals surface area (Å²) in [6, 6.07) is 10.4. The van der Waals surface area contributed by atoms with Crippen molar-refractivity contribution in [3.05, 3.63) is 46.3 Å². The first-order chi connectivity index (χ1) is 11.0. The zero-order chi connectivity index (χ0) is 16.6. The smallest absolute Gasteiger partial charge is 0.340 e. The minimum Gasteiger partial charge on any atom is -0.465 e. The molecule has 1 aromatic carbocycles. The number of thiophene rings is 1. The summed E-state index contributed by atoms with van der Waals surface area (Å²) in [5.74, 6) is -0.352. The molecule has 0 spiro atoms. The number of nitrogens with zero attached hydrogens (tertiary/aromatic N) is 1. The summed E-state index contributed by atoms with van der Waals surface area (Å²) >= 11 is 7.11. The lowest BCUT2D eigenvalue weighted by atomic mass is 10.1. The number of benzene rings is 1. The summed E-state index contributed by atoms with van der Waals surface area (Å²) in [5.41, 5.74) is 2.95. The fourth-order valence-electron chi connectivity index (χ4n) is 2.90. The van der Waals surface area contributed by atoms with Gasteiger partial charge in [0.25, 0.3) is 0 Å². The average Bonchev–Trinajstić information content (AvgIpc) is 3.05. The molecule has 0 saturated heterocycles. The van der Waals surface area contributed by atoms with Gasteiger partial charge in [0.15, 0.2) is 5.11 Å². The fraction of sp³-hybridized carbons (Fsp3) is 0.294. The van der Waals surface area contributed by atoms with E-state index in [1.807, 2.05) is 25.1 Å². The number of carbonyl (C=O) groups excluding carboxylic acids is 1. The number of ether oxygens (including phenoxy) is 1. The van der Waals surface area contributed by atoms with E-state index in [2.05, 4.69) is 29.3 Å². The van der Waals surface area contributed by atoms with E-state index in [1.54, 1.807) is 0 Å². The molecule has 1 atom stereocenters. The fourth-order valence-corrected chi connectivity index (χ4v) is 4.24. The number of carbonyl (C=O) groups is 1. The number of rotatable bonds is 2. The monoisotopic (exact) mass is 346 g/mol. The first kappa shape index (κ1) is 16.0. The highest BCUT2D eigenvalue weighted by molar-refractivity contribution is 7.80. The van der Waals surface area contributed by atoms with Gasteiger partial charge in [-0.2, -0.15) is 0 Å². The predicted octanol–water partition coefficient (Wildman–Crippen LogP) is 3.99. The van der Waals surface area contributed by atoms with Crippen LogP contribution in [-0.2, 0) is 11.2 Å². The first-order valence-corrected chi connectivity index (χ1v) is 8.60. The molecular formula is C17H18N2O2S2. The van der Waals surface area contributed by atoms with Crippen molar-refractivity contribution in [2.45, 2.75) is 26.3 Å². The number of aryl methyl sites for hydroxylation is 1. The lowest BCUT2D eigenvalue weighted by Crippen LogP contribution is -2.38. The molecule has 1 N–H and O–H groups in total. The maximum atomic E-state index is 11.9. The van der Waals surface area contributed by atoms with Crippen LogP contribution in [-0.4, -0.2) is 24.2 Å². The van der Waals surface area contributed by atoms with Crippen LogP contribution >= 0.6 is 23.6 Å². The minimum absolute atomic E-state index is 0.287. The van der Waals surface area contributed by atoms with Gasteiger partial charge in [0.2, 0.25) is 0 Å². The van der Waals surface area contributed by atoms with Gasteiger partial charge in [-0.15, -0.1) is 11.3 Å². The van der Waals surface area contributed by atoms with Crippen molar-refractivity contribution in [3.8, 4) is 0 Å². The highest BCUT2D eigenvalue weighted by atomic mass is 32.1. The van der Waals surface area contributed by atoms with Crippen molar-refractivity contribution in [3.63, 3.8) is 0 Å². The molecule has 2 aromatic rings. The van der Waals surface area contributed by atoms with Crippen molar-refractivity contribution in [1.82, 2.24) is 0 Å². The van der Waals surface area contributed by atoms with Crippen molar-refractivity contribution in [2.24, 2.45) is 0 Å². The molecule has 0 fully saturated rings. The Morgan fingerprint density at radius 3 is 2.91 bits per heavy atom. The molecule has 0 saturated carbocycles.